The zero-order valence-electron chi connectivity index (χ0n) is 14.1. The van der Waals surface area contributed by atoms with Crippen LogP contribution in [0.4, 0.5) is 11.5 Å². The van der Waals surface area contributed by atoms with Gasteiger partial charge < -0.3 is 15.3 Å². The molecule has 6 heteroatoms. The molecule has 2 aromatic rings. The Hall–Kier alpha value is -2.89. The smallest absolute Gasteiger partial charge is 0.231 e. The van der Waals surface area contributed by atoms with Gasteiger partial charge in [-0.05, 0) is 36.2 Å². The van der Waals surface area contributed by atoms with Gasteiger partial charge in [0, 0.05) is 24.8 Å². The van der Waals surface area contributed by atoms with Crippen molar-refractivity contribution in [1.82, 2.24) is 4.98 Å². The van der Waals surface area contributed by atoms with Gasteiger partial charge in [0.1, 0.15) is 0 Å². The van der Waals surface area contributed by atoms with Crippen LogP contribution in [0.2, 0.25) is 0 Å². The van der Waals surface area contributed by atoms with Crippen molar-refractivity contribution in [1.29, 1.82) is 0 Å². The van der Waals surface area contributed by atoms with Gasteiger partial charge in [-0.15, -0.1) is 0 Å². The summed E-state index contributed by atoms with van der Waals surface area (Å²) in [5.41, 5.74) is 2.04. The lowest BCUT2D eigenvalue weighted by molar-refractivity contribution is -0.122. The number of aromatic nitrogens is 1. The highest BCUT2D eigenvalue weighted by atomic mass is 16.3. The number of hydrogen-bond donors (Lipinski definition) is 2. The highest BCUT2D eigenvalue weighted by molar-refractivity contribution is 6.03. The minimum absolute atomic E-state index is 0.0753. The lowest BCUT2D eigenvalue weighted by atomic mass is 10.1. The van der Waals surface area contributed by atoms with E-state index in [-0.39, 0.29) is 29.8 Å². The monoisotopic (exact) mass is 339 g/mol. The molecule has 1 aromatic carbocycles. The first-order valence-corrected chi connectivity index (χ1v) is 8.42. The topological polar surface area (TPSA) is 82.5 Å². The van der Waals surface area contributed by atoms with Crippen LogP contribution in [0.25, 0.3) is 0 Å². The first kappa shape index (κ1) is 17.0. The molecule has 2 amide bonds. The first-order valence-electron chi connectivity index (χ1n) is 8.42. The van der Waals surface area contributed by atoms with Gasteiger partial charge in [-0.25, -0.2) is 4.98 Å². The second kappa shape index (κ2) is 7.34. The molecule has 0 bridgehead atoms. The van der Waals surface area contributed by atoms with Crippen molar-refractivity contribution in [3.63, 3.8) is 0 Å². The van der Waals surface area contributed by atoms with E-state index in [1.165, 1.54) is 17.8 Å². The first-order chi connectivity index (χ1) is 12.1. The number of benzene rings is 1. The predicted molar refractivity (Wildman–Crippen MR) is 95.4 cm³/mol. The average Bonchev–Trinajstić information content (AvgIpc) is 3.00. The van der Waals surface area contributed by atoms with Crippen LogP contribution in [-0.4, -0.2) is 28.4 Å². The maximum atomic E-state index is 12.4. The second-order valence-corrected chi connectivity index (χ2v) is 6.18. The van der Waals surface area contributed by atoms with Crippen LogP contribution in [0.1, 0.15) is 25.3 Å². The van der Waals surface area contributed by atoms with E-state index in [2.05, 4.69) is 17.2 Å². The lowest BCUT2D eigenvalue weighted by Crippen LogP contribution is -2.28. The van der Waals surface area contributed by atoms with E-state index in [0.717, 1.165) is 18.5 Å². The number of pyridine rings is 1. The largest absolute Gasteiger partial charge is 0.504 e. The van der Waals surface area contributed by atoms with Gasteiger partial charge in [-0.1, -0.05) is 25.5 Å². The van der Waals surface area contributed by atoms with E-state index in [4.69, 9.17) is 0 Å². The summed E-state index contributed by atoms with van der Waals surface area (Å²) >= 11 is 0. The molecule has 6 nitrogen and oxygen atoms in total. The Balaban J connectivity index is 1.67. The maximum absolute atomic E-state index is 12.4. The molecule has 2 N–H and O–H groups in total. The standard InChI is InChI=1S/C19H21N3O3/c1-2-4-13-6-8-15(9-7-13)22-12-14(11-17(22)24)19(25)21-18-16(23)5-3-10-20-18/h3,5-10,14,23H,2,4,11-12H2,1H3,(H,20,21,25)/t14-/m0/s1. The van der Waals surface area contributed by atoms with Gasteiger partial charge in [0.25, 0.3) is 0 Å². The quantitative estimate of drug-likeness (QED) is 0.877. The summed E-state index contributed by atoms with van der Waals surface area (Å²) in [7, 11) is 0. The third-order valence-electron chi connectivity index (χ3n) is 4.31. The van der Waals surface area contributed by atoms with E-state index >= 15 is 0 Å². The molecule has 1 atom stereocenters. The van der Waals surface area contributed by atoms with Crippen LogP contribution in [0.5, 0.6) is 5.75 Å². The highest BCUT2D eigenvalue weighted by Crippen LogP contribution is 2.27. The van der Waals surface area contributed by atoms with Gasteiger partial charge in [0.15, 0.2) is 11.6 Å². The minimum atomic E-state index is -0.468. The van der Waals surface area contributed by atoms with Gasteiger partial charge in [-0.2, -0.15) is 0 Å². The molecule has 0 radical (unpaired) electrons. The van der Waals surface area contributed by atoms with Crippen molar-refractivity contribution >= 4 is 23.3 Å². The lowest BCUT2D eigenvalue weighted by Gasteiger charge is -2.17. The van der Waals surface area contributed by atoms with Crippen molar-refractivity contribution in [2.45, 2.75) is 26.2 Å². The van der Waals surface area contributed by atoms with Gasteiger partial charge in [0.2, 0.25) is 11.8 Å². The number of anilines is 2. The molecule has 0 spiro atoms. The summed E-state index contributed by atoms with van der Waals surface area (Å²) < 4.78 is 0. The van der Waals surface area contributed by atoms with Gasteiger partial charge in [0.05, 0.1) is 5.92 Å². The molecule has 1 aromatic heterocycles. The fourth-order valence-corrected chi connectivity index (χ4v) is 2.98. The Kier molecular flexibility index (Phi) is 4.97. The number of nitrogens with zero attached hydrogens (tertiary/aromatic N) is 2. The predicted octanol–water partition coefficient (Wildman–Crippen LogP) is 2.73. The number of carbonyl (C=O) groups is 2. The van der Waals surface area contributed by atoms with E-state index in [9.17, 15) is 14.7 Å². The van der Waals surface area contributed by atoms with Crippen LogP contribution >= 0.6 is 0 Å². The minimum Gasteiger partial charge on any atom is -0.504 e. The fraction of sp³-hybridized carbons (Fsp3) is 0.316. The van der Waals surface area contributed by atoms with Crippen LogP contribution in [-0.2, 0) is 16.0 Å². The average molecular weight is 339 g/mol. The molecule has 2 heterocycles. The molecular weight excluding hydrogens is 318 g/mol. The summed E-state index contributed by atoms with van der Waals surface area (Å²) in [6.07, 6.45) is 3.72. The molecule has 0 aliphatic carbocycles. The molecule has 1 fully saturated rings. The number of carbonyl (C=O) groups excluding carboxylic acids is 2. The van der Waals surface area contributed by atoms with E-state index in [0.29, 0.717) is 6.54 Å². The van der Waals surface area contributed by atoms with Gasteiger partial charge in [-0.3, -0.25) is 9.59 Å². The van der Waals surface area contributed by atoms with E-state index in [1.807, 2.05) is 24.3 Å². The Labute approximate surface area is 146 Å². The molecule has 3 rings (SSSR count). The molecule has 1 aliphatic heterocycles. The number of hydrogen-bond acceptors (Lipinski definition) is 4. The molecule has 1 aliphatic rings. The van der Waals surface area contributed by atoms with Crippen molar-refractivity contribution < 1.29 is 14.7 Å². The maximum Gasteiger partial charge on any atom is 0.231 e. The summed E-state index contributed by atoms with van der Waals surface area (Å²) in [6.45, 7) is 2.45. The number of amides is 2. The molecular formula is C19H21N3O3. The van der Waals surface area contributed by atoms with Crippen LogP contribution in [0, 0.1) is 5.92 Å². The molecule has 1 saturated heterocycles. The normalized spacial score (nSPS) is 16.9. The van der Waals surface area contributed by atoms with Crippen molar-refractivity contribution in [3.8, 4) is 5.75 Å². The van der Waals surface area contributed by atoms with Crippen LogP contribution < -0.4 is 10.2 Å². The van der Waals surface area contributed by atoms with Crippen LogP contribution in [0.15, 0.2) is 42.6 Å². The number of rotatable bonds is 5. The third kappa shape index (κ3) is 3.79. The Bertz CT molecular complexity index is 774. The Morgan fingerprint density at radius 1 is 1.32 bits per heavy atom. The zero-order valence-corrected chi connectivity index (χ0v) is 14.1. The highest BCUT2D eigenvalue weighted by Gasteiger charge is 2.35. The fourth-order valence-electron chi connectivity index (χ4n) is 2.98. The van der Waals surface area contributed by atoms with Crippen molar-refractivity contribution in [2.75, 3.05) is 16.8 Å². The SMILES string of the molecule is CCCc1ccc(N2C[C@@H](C(=O)Nc3ncccc3O)CC2=O)cc1. The van der Waals surface area contributed by atoms with Gasteiger partial charge >= 0.3 is 0 Å². The summed E-state index contributed by atoms with van der Waals surface area (Å²) in [5, 5.41) is 12.3. The Morgan fingerprint density at radius 2 is 2.08 bits per heavy atom. The van der Waals surface area contributed by atoms with E-state index in [1.54, 1.807) is 11.0 Å². The number of aryl methyl sites for hydroxylation is 1. The number of nitrogens with one attached hydrogen (secondary N) is 1. The summed E-state index contributed by atoms with van der Waals surface area (Å²) in [4.78, 5) is 30.3. The van der Waals surface area contributed by atoms with E-state index < -0.39 is 5.92 Å². The van der Waals surface area contributed by atoms with Crippen molar-refractivity contribution in [2.24, 2.45) is 5.92 Å². The van der Waals surface area contributed by atoms with Crippen molar-refractivity contribution in [3.05, 3.63) is 48.2 Å². The number of aromatic hydroxyl groups is 1. The Morgan fingerprint density at radius 3 is 2.76 bits per heavy atom. The molecule has 0 unspecified atom stereocenters. The second-order valence-electron chi connectivity index (χ2n) is 6.18. The molecule has 0 saturated carbocycles. The third-order valence-corrected chi connectivity index (χ3v) is 4.31. The molecule has 130 valence electrons. The summed E-state index contributed by atoms with van der Waals surface area (Å²) in [6, 6.07) is 10.9. The van der Waals surface area contributed by atoms with Crippen LogP contribution in [0.3, 0.4) is 0 Å². The molecule has 25 heavy (non-hydrogen) atoms. The summed E-state index contributed by atoms with van der Waals surface area (Å²) in [5.74, 6) is -0.837. The zero-order chi connectivity index (χ0) is 17.8.